The van der Waals surface area contributed by atoms with Crippen molar-refractivity contribution in [3.05, 3.63) is 0 Å². The van der Waals surface area contributed by atoms with Crippen molar-refractivity contribution in [2.24, 2.45) is 5.92 Å². The van der Waals surface area contributed by atoms with Gasteiger partial charge in [0.2, 0.25) is 11.8 Å². The van der Waals surface area contributed by atoms with E-state index < -0.39 is 12.1 Å². The van der Waals surface area contributed by atoms with Crippen molar-refractivity contribution in [1.82, 2.24) is 5.32 Å². The number of piperidine rings is 1. The largest absolute Gasteiger partial charge is 0.376 e. The first-order chi connectivity index (χ1) is 9.39. The summed E-state index contributed by atoms with van der Waals surface area (Å²) in [6, 6.07) is 0. The number of fused-ring (bicyclic) bond motifs is 1. The average molecular weight is 285 g/mol. The Hall–Kier alpha value is -1.02. The van der Waals surface area contributed by atoms with E-state index in [9.17, 15) is 9.59 Å². The van der Waals surface area contributed by atoms with E-state index in [1.807, 2.05) is 13.8 Å². The number of ether oxygens (including phenoxy) is 4. The Morgan fingerprint density at radius 2 is 1.80 bits per heavy atom. The van der Waals surface area contributed by atoms with Crippen molar-refractivity contribution in [3.8, 4) is 0 Å². The van der Waals surface area contributed by atoms with Crippen LogP contribution in [0, 0.1) is 5.92 Å². The zero-order valence-electron chi connectivity index (χ0n) is 11.8. The molecular formula is C13H19NO6. The van der Waals surface area contributed by atoms with Crippen LogP contribution in [-0.4, -0.2) is 49.3 Å². The lowest BCUT2D eigenvalue weighted by atomic mass is 9.88. The van der Waals surface area contributed by atoms with E-state index in [0.717, 1.165) is 0 Å². The summed E-state index contributed by atoms with van der Waals surface area (Å²) in [5.41, 5.74) is 0. The fourth-order valence-electron chi connectivity index (χ4n) is 3.19. The molecular weight excluding hydrogens is 266 g/mol. The summed E-state index contributed by atoms with van der Waals surface area (Å²) in [4.78, 5) is 23.0. The van der Waals surface area contributed by atoms with Crippen LogP contribution in [0.5, 0.6) is 0 Å². The fourth-order valence-corrected chi connectivity index (χ4v) is 3.19. The summed E-state index contributed by atoms with van der Waals surface area (Å²) in [5.74, 6) is -1.47. The number of carbonyl (C=O) groups excluding carboxylic acids is 2. The van der Waals surface area contributed by atoms with Gasteiger partial charge in [0.1, 0.15) is 12.2 Å². The molecule has 3 aliphatic heterocycles. The third kappa shape index (κ3) is 2.35. The van der Waals surface area contributed by atoms with Crippen LogP contribution in [0.4, 0.5) is 0 Å². The van der Waals surface area contributed by atoms with Crippen LogP contribution < -0.4 is 5.32 Å². The Morgan fingerprint density at radius 3 is 2.40 bits per heavy atom. The van der Waals surface area contributed by atoms with E-state index >= 15 is 0 Å². The SMILES string of the molecule is CO[C@H]1[C@H]2OC(C)(C)O[C@H]2O[C@H]1C1CC(=O)NC(=O)C1. The van der Waals surface area contributed by atoms with Gasteiger partial charge in [0.05, 0.1) is 6.10 Å². The van der Waals surface area contributed by atoms with Gasteiger partial charge < -0.3 is 18.9 Å². The van der Waals surface area contributed by atoms with E-state index in [4.69, 9.17) is 18.9 Å². The van der Waals surface area contributed by atoms with Crippen LogP contribution in [0.1, 0.15) is 26.7 Å². The van der Waals surface area contributed by atoms with E-state index in [2.05, 4.69) is 5.32 Å². The van der Waals surface area contributed by atoms with E-state index in [1.165, 1.54) is 0 Å². The number of amides is 2. The van der Waals surface area contributed by atoms with Gasteiger partial charge in [-0.25, -0.2) is 0 Å². The molecule has 112 valence electrons. The van der Waals surface area contributed by atoms with Crippen LogP contribution in [0.15, 0.2) is 0 Å². The van der Waals surface area contributed by atoms with Gasteiger partial charge in [-0.05, 0) is 13.8 Å². The number of nitrogens with one attached hydrogen (secondary N) is 1. The van der Waals surface area contributed by atoms with Gasteiger partial charge >= 0.3 is 0 Å². The Bertz CT molecular complexity index is 421. The highest BCUT2D eigenvalue weighted by Crippen LogP contribution is 2.42. The molecule has 0 spiro atoms. The lowest BCUT2D eigenvalue weighted by Crippen LogP contribution is -2.47. The molecule has 3 heterocycles. The van der Waals surface area contributed by atoms with Crippen molar-refractivity contribution in [2.45, 2.75) is 57.1 Å². The van der Waals surface area contributed by atoms with E-state index in [-0.39, 0.29) is 48.9 Å². The minimum Gasteiger partial charge on any atom is -0.376 e. The second kappa shape index (κ2) is 4.77. The molecule has 20 heavy (non-hydrogen) atoms. The molecule has 7 nitrogen and oxygen atoms in total. The van der Waals surface area contributed by atoms with Crippen LogP contribution in [0.3, 0.4) is 0 Å². The van der Waals surface area contributed by atoms with Gasteiger partial charge in [-0.2, -0.15) is 0 Å². The number of carbonyl (C=O) groups is 2. The second-order valence-corrected chi connectivity index (χ2v) is 5.91. The summed E-state index contributed by atoms with van der Waals surface area (Å²) in [6.07, 6.45) is -1.07. The molecule has 3 rings (SSSR count). The summed E-state index contributed by atoms with van der Waals surface area (Å²) in [5, 5.41) is 2.29. The minimum absolute atomic E-state index is 0.206. The molecule has 0 bridgehead atoms. The van der Waals surface area contributed by atoms with E-state index in [0.29, 0.717) is 0 Å². The predicted molar refractivity (Wildman–Crippen MR) is 65.4 cm³/mol. The summed E-state index contributed by atoms with van der Waals surface area (Å²) < 4.78 is 22.8. The first kappa shape index (κ1) is 13.9. The van der Waals surface area contributed by atoms with Crippen molar-refractivity contribution < 1.29 is 28.5 Å². The molecule has 7 heteroatoms. The topological polar surface area (TPSA) is 83.1 Å². The van der Waals surface area contributed by atoms with Gasteiger partial charge in [0, 0.05) is 25.9 Å². The quantitative estimate of drug-likeness (QED) is 0.715. The molecule has 0 aliphatic carbocycles. The van der Waals surface area contributed by atoms with Gasteiger partial charge in [0.25, 0.3) is 0 Å². The van der Waals surface area contributed by atoms with Crippen molar-refractivity contribution in [3.63, 3.8) is 0 Å². The fraction of sp³-hybridized carbons (Fsp3) is 0.846. The Kier molecular flexibility index (Phi) is 3.32. The molecule has 0 aromatic heterocycles. The number of imide groups is 1. The highest BCUT2D eigenvalue weighted by Gasteiger charge is 2.57. The lowest BCUT2D eigenvalue weighted by molar-refractivity contribution is -0.223. The van der Waals surface area contributed by atoms with Gasteiger partial charge in [-0.15, -0.1) is 0 Å². The summed E-state index contributed by atoms with van der Waals surface area (Å²) in [7, 11) is 1.57. The number of methoxy groups -OCH3 is 1. The summed E-state index contributed by atoms with van der Waals surface area (Å²) >= 11 is 0. The highest BCUT2D eigenvalue weighted by molar-refractivity contribution is 5.97. The monoisotopic (exact) mass is 285 g/mol. The van der Waals surface area contributed by atoms with Crippen molar-refractivity contribution >= 4 is 11.8 Å². The number of hydrogen-bond donors (Lipinski definition) is 1. The van der Waals surface area contributed by atoms with Crippen LogP contribution in [0.25, 0.3) is 0 Å². The predicted octanol–water partition coefficient (Wildman–Crippen LogP) is -0.0694. The van der Waals surface area contributed by atoms with Crippen LogP contribution in [-0.2, 0) is 28.5 Å². The number of rotatable bonds is 2. The first-order valence-corrected chi connectivity index (χ1v) is 6.76. The minimum atomic E-state index is -0.711. The Balaban J connectivity index is 1.75. The molecule has 0 saturated carbocycles. The molecule has 0 radical (unpaired) electrons. The molecule has 3 saturated heterocycles. The van der Waals surface area contributed by atoms with Gasteiger partial charge in [-0.3, -0.25) is 14.9 Å². The molecule has 1 N–H and O–H groups in total. The molecule has 0 aromatic rings. The maximum absolute atomic E-state index is 11.5. The highest BCUT2D eigenvalue weighted by atomic mass is 16.8. The Morgan fingerprint density at radius 1 is 1.15 bits per heavy atom. The molecule has 0 aromatic carbocycles. The van der Waals surface area contributed by atoms with Crippen LogP contribution >= 0.6 is 0 Å². The van der Waals surface area contributed by atoms with E-state index in [1.54, 1.807) is 7.11 Å². The number of hydrogen-bond acceptors (Lipinski definition) is 6. The summed E-state index contributed by atoms with van der Waals surface area (Å²) in [6.45, 7) is 3.63. The van der Waals surface area contributed by atoms with Crippen molar-refractivity contribution in [1.29, 1.82) is 0 Å². The Labute approximate surface area is 116 Å². The standard InChI is InChI=1S/C13H19NO6/c1-13(2)19-11-10(17-3)9(18-12(11)20-13)6-4-7(15)14-8(16)5-6/h6,9-12H,4-5H2,1-3H3,(H,14,15,16)/t9-,10+,11+,12+/m0/s1. The molecule has 0 unspecified atom stereocenters. The van der Waals surface area contributed by atoms with Crippen LogP contribution in [0.2, 0.25) is 0 Å². The first-order valence-electron chi connectivity index (χ1n) is 6.76. The normalized spacial score (nSPS) is 40.8. The zero-order chi connectivity index (χ0) is 14.5. The third-order valence-corrected chi connectivity index (χ3v) is 3.94. The maximum Gasteiger partial charge on any atom is 0.226 e. The lowest BCUT2D eigenvalue weighted by Gasteiger charge is -2.31. The molecule has 4 atom stereocenters. The van der Waals surface area contributed by atoms with Crippen molar-refractivity contribution in [2.75, 3.05) is 7.11 Å². The smallest absolute Gasteiger partial charge is 0.226 e. The van der Waals surface area contributed by atoms with Gasteiger partial charge in [0.15, 0.2) is 12.1 Å². The zero-order valence-corrected chi connectivity index (χ0v) is 11.8. The molecule has 2 amide bonds. The van der Waals surface area contributed by atoms with Gasteiger partial charge in [-0.1, -0.05) is 0 Å². The molecule has 3 fully saturated rings. The molecule has 3 aliphatic rings. The average Bonchev–Trinajstić information content (AvgIpc) is 2.79. The third-order valence-electron chi connectivity index (χ3n) is 3.94. The second-order valence-electron chi connectivity index (χ2n) is 5.91. The maximum atomic E-state index is 11.5.